The van der Waals surface area contributed by atoms with E-state index in [0.29, 0.717) is 6.42 Å². The molecule has 1 atom stereocenters. The van der Waals surface area contributed by atoms with E-state index in [9.17, 15) is 4.79 Å². The molecular formula is C22H28N2O2. The summed E-state index contributed by atoms with van der Waals surface area (Å²) in [5, 5.41) is 2.97. The smallest absolute Gasteiger partial charge is 0.265 e. The molecule has 1 saturated heterocycles. The Morgan fingerprint density at radius 1 is 1.08 bits per heavy atom. The Hall–Kier alpha value is -2.49. The molecule has 1 aliphatic heterocycles. The third-order valence-corrected chi connectivity index (χ3v) is 5.03. The Balaban J connectivity index is 1.62. The monoisotopic (exact) mass is 352 g/mol. The number of ether oxygens (including phenoxy) is 1. The van der Waals surface area contributed by atoms with Gasteiger partial charge in [-0.15, -0.1) is 0 Å². The van der Waals surface area contributed by atoms with Gasteiger partial charge in [0.1, 0.15) is 5.75 Å². The largest absolute Gasteiger partial charge is 0.481 e. The molecule has 1 amide bonds. The minimum Gasteiger partial charge on any atom is -0.481 e. The number of carbonyl (C=O) groups is 1. The minimum atomic E-state index is -0.504. The highest BCUT2D eigenvalue weighted by molar-refractivity contribution is 5.94. The number of nitrogens with zero attached hydrogens (tertiary/aromatic N) is 1. The lowest BCUT2D eigenvalue weighted by molar-refractivity contribution is -0.122. The molecule has 2 aromatic carbocycles. The van der Waals surface area contributed by atoms with Gasteiger partial charge in [0, 0.05) is 24.5 Å². The van der Waals surface area contributed by atoms with Crippen LogP contribution >= 0.6 is 0 Å². The fourth-order valence-corrected chi connectivity index (χ4v) is 3.23. The number of hydrogen-bond acceptors (Lipinski definition) is 3. The molecule has 0 spiro atoms. The third kappa shape index (κ3) is 4.37. The van der Waals surface area contributed by atoms with E-state index < -0.39 is 6.10 Å². The molecule has 3 rings (SSSR count). The highest BCUT2D eigenvalue weighted by Gasteiger charge is 2.19. The van der Waals surface area contributed by atoms with Crippen LogP contribution in [0.5, 0.6) is 5.75 Å². The van der Waals surface area contributed by atoms with Gasteiger partial charge in [-0.3, -0.25) is 4.79 Å². The molecule has 1 heterocycles. The van der Waals surface area contributed by atoms with Crippen molar-refractivity contribution < 1.29 is 9.53 Å². The van der Waals surface area contributed by atoms with Crippen molar-refractivity contribution in [1.29, 1.82) is 0 Å². The molecule has 0 bridgehead atoms. The molecular weight excluding hydrogens is 324 g/mol. The van der Waals surface area contributed by atoms with Crippen molar-refractivity contribution in [3.8, 4) is 5.75 Å². The van der Waals surface area contributed by atoms with Crippen molar-refractivity contribution in [3.05, 3.63) is 53.6 Å². The van der Waals surface area contributed by atoms with Gasteiger partial charge in [-0.25, -0.2) is 0 Å². The van der Waals surface area contributed by atoms with E-state index in [1.165, 1.54) is 24.1 Å². The van der Waals surface area contributed by atoms with Crippen LogP contribution in [0.15, 0.2) is 42.5 Å². The zero-order valence-corrected chi connectivity index (χ0v) is 15.9. The maximum absolute atomic E-state index is 12.6. The topological polar surface area (TPSA) is 41.6 Å². The first-order chi connectivity index (χ1) is 12.6. The Kier molecular flexibility index (Phi) is 5.82. The average molecular weight is 352 g/mol. The third-order valence-electron chi connectivity index (χ3n) is 5.03. The van der Waals surface area contributed by atoms with E-state index in [2.05, 4.69) is 29.3 Å². The molecule has 26 heavy (non-hydrogen) atoms. The molecule has 0 unspecified atom stereocenters. The van der Waals surface area contributed by atoms with E-state index in [-0.39, 0.29) is 5.91 Å². The van der Waals surface area contributed by atoms with E-state index in [0.717, 1.165) is 30.1 Å². The van der Waals surface area contributed by atoms with E-state index in [1.54, 1.807) is 0 Å². The SMILES string of the molecule is CC[C@@H](Oc1ccc(C)c(C)c1)C(=O)Nc1ccc(N2CCCC2)cc1. The zero-order valence-electron chi connectivity index (χ0n) is 15.9. The standard InChI is InChI=1S/C22H28N2O2/c1-4-21(26-20-12-7-16(2)17(3)15-20)22(25)23-18-8-10-19(11-9-18)24-13-5-6-14-24/h7-12,15,21H,4-6,13-14H2,1-3H3,(H,23,25)/t21-/m1/s1. The van der Waals surface area contributed by atoms with Crippen LogP contribution < -0.4 is 15.0 Å². The van der Waals surface area contributed by atoms with Crippen LogP contribution in [0.25, 0.3) is 0 Å². The lowest BCUT2D eigenvalue weighted by Crippen LogP contribution is -2.32. The van der Waals surface area contributed by atoms with Crippen LogP contribution in [0.4, 0.5) is 11.4 Å². The lowest BCUT2D eigenvalue weighted by atomic mass is 10.1. The summed E-state index contributed by atoms with van der Waals surface area (Å²) in [6.07, 6.45) is 2.62. The van der Waals surface area contributed by atoms with Crippen molar-refractivity contribution in [2.24, 2.45) is 0 Å². The molecule has 138 valence electrons. The van der Waals surface area contributed by atoms with Crippen LogP contribution in [0.2, 0.25) is 0 Å². The number of benzene rings is 2. The minimum absolute atomic E-state index is 0.111. The molecule has 4 nitrogen and oxygen atoms in total. The van der Waals surface area contributed by atoms with Gasteiger partial charge in [-0.2, -0.15) is 0 Å². The molecule has 1 aliphatic rings. The summed E-state index contributed by atoms with van der Waals surface area (Å²) >= 11 is 0. The van der Waals surface area contributed by atoms with Crippen LogP contribution in [0, 0.1) is 13.8 Å². The van der Waals surface area contributed by atoms with Crippen molar-refractivity contribution >= 4 is 17.3 Å². The maximum Gasteiger partial charge on any atom is 0.265 e. The van der Waals surface area contributed by atoms with Gasteiger partial charge in [-0.1, -0.05) is 13.0 Å². The number of aryl methyl sites for hydroxylation is 2. The average Bonchev–Trinajstić information content (AvgIpc) is 3.18. The van der Waals surface area contributed by atoms with Gasteiger partial charge in [0.2, 0.25) is 0 Å². The molecule has 0 aromatic heterocycles. The predicted octanol–water partition coefficient (Wildman–Crippen LogP) is 4.70. The first-order valence-electron chi connectivity index (χ1n) is 9.46. The summed E-state index contributed by atoms with van der Waals surface area (Å²) in [7, 11) is 0. The first-order valence-corrected chi connectivity index (χ1v) is 9.46. The summed E-state index contributed by atoms with van der Waals surface area (Å²) in [4.78, 5) is 15.0. The molecule has 4 heteroatoms. The molecule has 0 saturated carbocycles. The Bertz CT molecular complexity index is 749. The summed E-state index contributed by atoms with van der Waals surface area (Å²) in [5.74, 6) is 0.624. The van der Waals surface area contributed by atoms with Crippen LogP contribution in [0.1, 0.15) is 37.3 Å². The predicted molar refractivity (Wildman–Crippen MR) is 107 cm³/mol. The highest BCUT2D eigenvalue weighted by atomic mass is 16.5. The lowest BCUT2D eigenvalue weighted by Gasteiger charge is -2.19. The number of anilines is 2. The number of hydrogen-bond donors (Lipinski definition) is 1. The van der Waals surface area contributed by atoms with Crippen LogP contribution in [0.3, 0.4) is 0 Å². The number of amides is 1. The Labute approximate surface area is 156 Å². The second-order valence-electron chi connectivity index (χ2n) is 6.99. The molecule has 1 N–H and O–H groups in total. The summed E-state index contributed by atoms with van der Waals surface area (Å²) in [6.45, 7) is 8.31. The number of nitrogens with one attached hydrogen (secondary N) is 1. The second-order valence-corrected chi connectivity index (χ2v) is 6.99. The van der Waals surface area contributed by atoms with Gasteiger partial charge in [0.15, 0.2) is 6.10 Å². The fraction of sp³-hybridized carbons (Fsp3) is 0.409. The van der Waals surface area contributed by atoms with Crippen LogP contribution in [-0.4, -0.2) is 25.1 Å². The molecule has 1 fully saturated rings. The molecule has 0 radical (unpaired) electrons. The highest BCUT2D eigenvalue weighted by Crippen LogP contribution is 2.23. The van der Waals surface area contributed by atoms with Gasteiger partial charge >= 0.3 is 0 Å². The van der Waals surface area contributed by atoms with Crippen LogP contribution in [-0.2, 0) is 4.79 Å². The van der Waals surface area contributed by atoms with Crippen molar-refractivity contribution in [3.63, 3.8) is 0 Å². The van der Waals surface area contributed by atoms with Gasteiger partial charge < -0.3 is 15.0 Å². The van der Waals surface area contributed by atoms with Gasteiger partial charge in [-0.05, 0) is 80.6 Å². The summed E-state index contributed by atoms with van der Waals surface area (Å²) in [6, 6.07) is 14.0. The fourth-order valence-electron chi connectivity index (χ4n) is 3.23. The quantitative estimate of drug-likeness (QED) is 0.819. The van der Waals surface area contributed by atoms with E-state index >= 15 is 0 Å². The first kappa shape index (κ1) is 18.3. The normalized spacial score (nSPS) is 15.0. The zero-order chi connectivity index (χ0) is 18.5. The Morgan fingerprint density at radius 3 is 2.38 bits per heavy atom. The van der Waals surface area contributed by atoms with Gasteiger partial charge in [0.05, 0.1) is 0 Å². The van der Waals surface area contributed by atoms with Crippen molar-refractivity contribution in [2.75, 3.05) is 23.3 Å². The second kappa shape index (κ2) is 8.26. The molecule has 2 aromatic rings. The van der Waals surface area contributed by atoms with Crippen molar-refractivity contribution in [1.82, 2.24) is 0 Å². The van der Waals surface area contributed by atoms with Gasteiger partial charge in [0.25, 0.3) is 5.91 Å². The van der Waals surface area contributed by atoms with E-state index in [4.69, 9.17) is 4.74 Å². The maximum atomic E-state index is 12.6. The summed E-state index contributed by atoms with van der Waals surface area (Å²) in [5.41, 5.74) is 4.40. The molecule has 0 aliphatic carbocycles. The summed E-state index contributed by atoms with van der Waals surface area (Å²) < 4.78 is 5.92. The van der Waals surface area contributed by atoms with E-state index in [1.807, 2.05) is 44.2 Å². The number of carbonyl (C=O) groups excluding carboxylic acids is 1. The van der Waals surface area contributed by atoms with Crippen molar-refractivity contribution in [2.45, 2.75) is 46.1 Å². The number of rotatable bonds is 6. The Morgan fingerprint density at radius 2 is 1.77 bits per heavy atom.